The van der Waals surface area contributed by atoms with Crippen molar-refractivity contribution in [3.05, 3.63) is 47.1 Å². The Morgan fingerprint density at radius 3 is 2.47 bits per heavy atom. The zero-order chi connectivity index (χ0) is 11.3. The fourth-order valence-electron chi connectivity index (χ4n) is 0.907. The van der Waals surface area contributed by atoms with E-state index in [2.05, 4.69) is 17.4 Å². The normalized spacial score (nSPS) is 9.47. The molecule has 1 aromatic carbocycles. The molecule has 1 amide bonds. The maximum Gasteiger partial charge on any atom is 0.269 e. The van der Waals surface area contributed by atoms with E-state index >= 15 is 0 Å². The lowest BCUT2D eigenvalue weighted by Gasteiger charge is -2.08. The van der Waals surface area contributed by atoms with E-state index in [1.54, 1.807) is 24.3 Å². The molecule has 0 aliphatic heterocycles. The van der Waals surface area contributed by atoms with Gasteiger partial charge in [-0.1, -0.05) is 25.1 Å². The minimum Gasteiger partial charge on any atom is -0.303 e. The Hall–Kier alpha value is -1.48. The third-order valence-corrected chi connectivity index (χ3v) is 2.14. The second kappa shape index (κ2) is 5.41. The molecule has 4 heteroatoms. The van der Waals surface area contributed by atoms with E-state index in [9.17, 15) is 4.79 Å². The van der Waals surface area contributed by atoms with E-state index in [-0.39, 0.29) is 5.91 Å². The molecule has 0 fully saturated rings. The summed E-state index contributed by atoms with van der Waals surface area (Å²) < 4.78 is 0. The number of hydrogen-bond donors (Lipinski definition) is 2. The van der Waals surface area contributed by atoms with Gasteiger partial charge < -0.3 is 5.43 Å². The van der Waals surface area contributed by atoms with Gasteiger partial charge in [0.05, 0.1) is 0 Å². The van der Waals surface area contributed by atoms with Gasteiger partial charge >= 0.3 is 0 Å². The number of rotatable bonds is 4. The van der Waals surface area contributed by atoms with Crippen LogP contribution in [-0.2, 0) is 0 Å². The van der Waals surface area contributed by atoms with Crippen molar-refractivity contribution >= 4 is 17.5 Å². The molecule has 0 aliphatic rings. The molecule has 0 atom stereocenters. The summed E-state index contributed by atoms with van der Waals surface area (Å²) >= 11 is 5.70. The van der Waals surface area contributed by atoms with Gasteiger partial charge in [-0.15, -0.1) is 0 Å². The maximum absolute atomic E-state index is 11.5. The molecule has 0 spiro atoms. The summed E-state index contributed by atoms with van der Waals surface area (Å²) in [5, 5.41) is 0.609. The van der Waals surface area contributed by atoms with Crippen molar-refractivity contribution in [3.63, 3.8) is 0 Å². The van der Waals surface area contributed by atoms with Gasteiger partial charge in [0.15, 0.2) is 0 Å². The second-order valence-corrected chi connectivity index (χ2v) is 3.48. The highest BCUT2D eigenvalue weighted by molar-refractivity contribution is 6.30. The van der Waals surface area contributed by atoms with Crippen molar-refractivity contribution in [3.8, 4) is 0 Å². The van der Waals surface area contributed by atoms with Crippen LogP contribution in [0.5, 0.6) is 0 Å². The number of amides is 1. The maximum atomic E-state index is 11.5. The Balaban J connectivity index is 2.54. The fourth-order valence-corrected chi connectivity index (χ4v) is 1.03. The monoisotopic (exact) mass is 224 g/mol. The predicted octanol–water partition coefficient (Wildman–Crippen LogP) is 2.50. The van der Waals surface area contributed by atoms with Gasteiger partial charge in [0.1, 0.15) is 0 Å². The molecule has 0 unspecified atom stereocenters. The Morgan fingerprint density at radius 2 is 1.93 bits per heavy atom. The van der Waals surface area contributed by atoms with E-state index in [1.807, 2.05) is 6.92 Å². The highest BCUT2D eigenvalue weighted by Gasteiger charge is 2.03. The average molecular weight is 225 g/mol. The highest BCUT2D eigenvalue weighted by Crippen LogP contribution is 2.09. The molecule has 0 bridgehead atoms. The molecule has 0 aromatic heterocycles. The minimum atomic E-state index is -0.207. The molecule has 15 heavy (non-hydrogen) atoms. The molecule has 0 saturated heterocycles. The van der Waals surface area contributed by atoms with Gasteiger partial charge in [0.2, 0.25) is 0 Å². The number of benzene rings is 1. The van der Waals surface area contributed by atoms with E-state index < -0.39 is 0 Å². The summed E-state index contributed by atoms with van der Waals surface area (Å²) in [6.07, 6.45) is 0.765. The van der Waals surface area contributed by atoms with Crippen molar-refractivity contribution in [2.75, 3.05) is 0 Å². The van der Waals surface area contributed by atoms with Crippen LogP contribution in [0.3, 0.4) is 0 Å². The predicted molar refractivity (Wildman–Crippen MR) is 61.5 cm³/mol. The smallest absolute Gasteiger partial charge is 0.269 e. The Morgan fingerprint density at radius 1 is 1.33 bits per heavy atom. The standard InChI is InChI=1S/C11H13ClN2O/c1-3-8(2)13-14-11(15)9-4-6-10(12)7-5-9/h4-7,13H,2-3H2,1H3,(H,14,15). The lowest BCUT2D eigenvalue weighted by atomic mass is 10.2. The average Bonchev–Trinajstić information content (AvgIpc) is 2.26. The largest absolute Gasteiger partial charge is 0.303 e. The topological polar surface area (TPSA) is 41.1 Å². The molecule has 0 radical (unpaired) electrons. The van der Waals surface area contributed by atoms with Crippen LogP contribution in [0.4, 0.5) is 0 Å². The highest BCUT2D eigenvalue weighted by atomic mass is 35.5. The Bertz CT molecular complexity index is 359. The first-order valence-corrected chi connectivity index (χ1v) is 5.01. The van der Waals surface area contributed by atoms with Crippen molar-refractivity contribution in [2.45, 2.75) is 13.3 Å². The molecule has 80 valence electrons. The van der Waals surface area contributed by atoms with Crippen LogP contribution in [0.25, 0.3) is 0 Å². The SMILES string of the molecule is C=C(CC)NNC(=O)c1ccc(Cl)cc1. The molecule has 0 saturated carbocycles. The van der Waals surface area contributed by atoms with Crippen LogP contribution in [0, 0.1) is 0 Å². The summed E-state index contributed by atoms with van der Waals surface area (Å²) in [6.45, 7) is 5.65. The van der Waals surface area contributed by atoms with E-state index in [0.29, 0.717) is 10.6 Å². The van der Waals surface area contributed by atoms with Crippen molar-refractivity contribution in [2.24, 2.45) is 0 Å². The van der Waals surface area contributed by atoms with Crippen LogP contribution in [-0.4, -0.2) is 5.91 Å². The quantitative estimate of drug-likeness (QED) is 0.772. The first-order valence-electron chi connectivity index (χ1n) is 4.63. The molecule has 1 aromatic rings. The summed E-state index contributed by atoms with van der Waals surface area (Å²) in [5.41, 5.74) is 6.57. The van der Waals surface area contributed by atoms with Crippen molar-refractivity contribution < 1.29 is 4.79 Å². The molecule has 3 nitrogen and oxygen atoms in total. The Labute approximate surface area is 94.1 Å². The lowest BCUT2D eigenvalue weighted by molar-refractivity contribution is 0.0938. The van der Waals surface area contributed by atoms with Crippen LogP contribution in [0.15, 0.2) is 36.5 Å². The molecule has 1 rings (SSSR count). The van der Waals surface area contributed by atoms with Gasteiger partial charge in [-0.3, -0.25) is 10.2 Å². The molecule has 0 heterocycles. The molecular formula is C11H13ClN2O. The summed E-state index contributed by atoms with van der Waals surface area (Å²) in [6, 6.07) is 6.67. The van der Waals surface area contributed by atoms with E-state index in [1.165, 1.54) is 0 Å². The van der Waals surface area contributed by atoms with E-state index in [0.717, 1.165) is 12.1 Å². The van der Waals surface area contributed by atoms with Crippen LogP contribution in [0.1, 0.15) is 23.7 Å². The van der Waals surface area contributed by atoms with Crippen LogP contribution >= 0.6 is 11.6 Å². The van der Waals surface area contributed by atoms with E-state index in [4.69, 9.17) is 11.6 Å². The number of carbonyl (C=O) groups is 1. The van der Waals surface area contributed by atoms with Crippen LogP contribution < -0.4 is 10.9 Å². The van der Waals surface area contributed by atoms with Gasteiger partial charge in [-0.25, -0.2) is 0 Å². The van der Waals surface area contributed by atoms with Gasteiger partial charge in [0.25, 0.3) is 5.91 Å². The number of hydrogen-bond acceptors (Lipinski definition) is 2. The van der Waals surface area contributed by atoms with Gasteiger partial charge in [0, 0.05) is 16.3 Å². The summed E-state index contributed by atoms with van der Waals surface area (Å²) in [5.74, 6) is -0.207. The summed E-state index contributed by atoms with van der Waals surface area (Å²) in [4.78, 5) is 11.5. The number of allylic oxidation sites excluding steroid dienone is 1. The van der Waals surface area contributed by atoms with Gasteiger partial charge in [-0.2, -0.15) is 0 Å². The molecular weight excluding hydrogens is 212 g/mol. The number of carbonyl (C=O) groups excluding carboxylic acids is 1. The zero-order valence-electron chi connectivity index (χ0n) is 8.51. The van der Waals surface area contributed by atoms with Gasteiger partial charge in [-0.05, 0) is 30.7 Å². The Kier molecular flexibility index (Phi) is 4.18. The first kappa shape index (κ1) is 11.6. The van der Waals surface area contributed by atoms with Crippen LogP contribution in [0.2, 0.25) is 5.02 Å². The fraction of sp³-hybridized carbons (Fsp3) is 0.182. The number of halogens is 1. The summed E-state index contributed by atoms with van der Waals surface area (Å²) in [7, 11) is 0. The minimum absolute atomic E-state index is 0.207. The zero-order valence-corrected chi connectivity index (χ0v) is 9.27. The molecule has 2 N–H and O–H groups in total. The third kappa shape index (κ3) is 3.64. The third-order valence-electron chi connectivity index (χ3n) is 1.89. The number of nitrogens with one attached hydrogen (secondary N) is 2. The molecule has 0 aliphatic carbocycles. The van der Waals surface area contributed by atoms with Crippen molar-refractivity contribution in [1.29, 1.82) is 0 Å². The van der Waals surface area contributed by atoms with Crippen molar-refractivity contribution in [1.82, 2.24) is 10.9 Å². The second-order valence-electron chi connectivity index (χ2n) is 3.04. The first-order chi connectivity index (χ1) is 7.13. The number of hydrazine groups is 1. The lowest BCUT2D eigenvalue weighted by Crippen LogP contribution is -2.36.